The summed E-state index contributed by atoms with van der Waals surface area (Å²) in [4.78, 5) is 22.8. The van der Waals surface area contributed by atoms with E-state index in [1.165, 1.54) is 6.07 Å². The monoisotopic (exact) mass is 315 g/mol. The Morgan fingerprint density at radius 3 is 2.45 bits per heavy atom. The van der Waals surface area contributed by atoms with Crippen molar-refractivity contribution in [3.8, 4) is 0 Å². The molecule has 0 fully saturated rings. The largest absolute Gasteiger partial charge is 0.457 e. The molecule has 0 N–H and O–H groups in total. The van der Waals surface area contributed by atoms with Crippen LogP contribution in [0.2, 0.25) is 5.02 Å². The summed E-state index contributed by atoms with van der Waals surface area (Å²) < 4.78 is 5.08. The molecule has 0 spiro atoms. The zero-order chi connectivity index (χ0) is 15.7. The van der Waals surface area contributed by atoms with Gasteiger partial charge in [0.25, 0.3) is 5.69 Å². The lowest BCUT2D eigenvalue weighted by molar-refractivity contribution is -0.385. The molecule has 2 aromatic carbocycles. The van der Waals surface area contributed by atoms with Crippen LogP contribution in [0.3, 0.4) is 0 Å². The van der Waals surface area contributed by atoms with E-state index < -0.39 is 10.9 Å². The molecule has 0 amide bonds. The Morgan fingerprint density at radius 1 is 1.09 bits per heavy atom. The number of rotatable bonds is 3. The van der Waals surface area contributed by atoms with Gasteiger partial charge in [-0.05, 0) is 23.8 Å². The van der Waals surface area contributed by atoms with Crippen molar-refractivity contribution in [2.24, 2.45) is 0 Å². The maximum atomic E-state index is 12.1. The molecule has 2 aromatic rings. The van der Waals surface area contributed by atoms with Crippen molar-refractivity contribution < 1.29 is 14.5 Å². The first kappa shape index (κ1) is 14.3. The Hall–Kier alpha value is -2.66. The van der Waals surface area contributed by atoms with Gasteiger partial charge < -0.3 is 4.74 Å². The number of benzene rings is 2. The van der Waals surface area contributed by atoms with E-state index in [0.717, 1.165) is 5.56 Å². The summed E-state index contributed by atoms with van der Waals surface area (Å²) in [7, 11) is 0. The number of halogens is 1. The molecule has 0 bridgehead atoms. The van der Waals surface area contributed by atoms with Gasteiger partial charge in [0.1, 0.15) is 6.61 Å². The van der Waals surface area contributed by atoms with Crippen molar-refractivity contribution in [3.63, 3.8) is 0 Å². The van der Waals surface area contributed by atoms with E-state index in [1.54, 1.807) is 42.5 Å². The van der Waals surface area contributed by atoms with E-state index in [9.17, 15) is 14.9 Å². The molecular weight excluding hydrogens is 306 g/mol. The predicted molar refractivity (Wildman–Crippen MR) is 82.3 cm³/mol. The lowest BCUT2D eigenvalue weighted by Gasteiger charge is -2.05. The fraction of sp³-hybridized carbons (Fsp3) is 0.0625. The number of nitrogens with zero attached hydrogens (tertiary/aromatic N) is 1. The second-order valence-corrected chi connectivity index (χ2v) is 5.15. The fourth-order valence-electron chi connectivity index (χ4n) is 2.40. The number of ether oxygens (including phenoxy) is 1. The van der Waals surface area contributed by atoms with E-state index in [0.29, 0.717) is 10.6 Å². The highest BCUT2D eigenvalue weighted by atomic mass is 35.5. The number of carbonyl (C=O) groups is 1. The van der Waals surface area contributed by atoms with Gasteiger partial charge >= 0.3 is 5.97 Å². The molecule has 0 atom stereocenters. The fourth-order valence-corrected chi connectivity index (χ4v) is 2.53. The third-order valence-corrected chi connectivity index (χ3v) is 3.67. The Kier molecular flexibility index (Phi) is 3.65. The van der Waals surface area contributed by atoms with Crippen LogP contribution in [0.15, 0.2) is 48.5 Å². The third-order valence-electron chi connectivity index (χ3n) is 3.42. The molecule has 0 aromatic heterocycles. The van der Waals surface area contributed by atoms with E-state index in [4.69, 9.17) is 16.3 Å². The normalized spacial score (nSPS) is 14.1. The van der Waals surface area contributed by atoms with Crippen LogP contribution in [-0.2, 0) is 9.53 Å². The highest BCUT2D eigenvalue weighted by Gasteiger charge is 2.31. The molecule has 1 heterocycles. The van der Waals surface area contributed by atoms with Crippen molar-refractivity contribution in [3.05, 3.63) is 74.8 Å². The zero-order valence-electron chi connectivity index (χ0n) is 11.3. The first-order chi connectivity index (χ1) is 10.6. The maximum Gasteiger partial charge on any atom is 0.339 e. The van der Waals surface area contributed by atoms with Gasteiger partial charge in [0.05, 0.1) is 16.1 Å². The molecule has 0 saturated heterocycles. The minimum Gasteiger partial charge on any atom is -0.457 e. The number of nitro groups is 1. The Balaban J connectivity index is 2.21. The Bertz CT molecular complexity index is 796. The minimum absolute atomic E-state index is 0.0852. The zero-order valence-corrected chi connectivity index (χ0v) is 12.0. The van der Waals surface area contributed by atoms with Crippen LogP contribution >= 0.6 is 11.6 Å². The summed E-state index contributed by atoms with van der Waals surface area (Å²) in [5.74, 6) is -0.556. The van der Waals surface area contributed by atoms with Crippen molar-refractivity contribution in [2.75, 3.05) is 6.61 Å². The van der Waals surface area contributed by atoms with Gasteiger partial charge in [-0.3, -0.25) is 10.1 Å². The number of nitro benzene ring substituents is 1. The summed E-state index contributed by atoms with van der Waals surface area (Å²) >= 11 is 5.86. The van der Waals surface area contributed by atoms with Gasteiger partial charge in [-0.15, -0.1) is 0 Å². The lowest BCUT2D eigenvalue weighted by Crippen LogP contribution is -2.02. The van der Waals surface area contributed by atoms with Gasteiger partial charge in [-0.1, -0.05) is 35.9 Å². The van der Waals surface area contributed by atoms with Crippen LogP contribution in [0.1, 0.15) is 11.1 Å². The maximum absolute atomic E-state index is 12.1. The van der Waals surface area contributed by atoms with E-state index in [1.807, 2.05) is 0 Å². The second kappa shape index (κ2) is 5.61. The first-order valence-corrected chi connectivity index (χ1v) is 6.85. The molecule has 6 heteroatoms. The summed E-state index contributed by atoms with van der Waals surface area (Å²) in [6, 6.07) is 13.0. The summed E-state index contributed by atoms with van der Waals surface area (Å²) in [5, 5.41) is 11.8. The first-order valence-electron chi connectivity index (χ1n) is 6.48. The summed E-state index contributed by atoms with van der Waals surface area (Å²) in [6.07, 6.45) is 0. The Morgan fingerprint density at radius 2 is 1.77 bits per heavy atom. The van der Waals surface area contributed by atoms with Crippen LogP contribution < -0.4 is 0 Å². The lowest BCUT2D eigenvalue weighted by atomic mass is 9.95. The van der Waals surface area contributed by atoms with Crippen molar-refractivity contribution in [2.45, 2.75) is 0 Å². The smallest absolute Gasteiger partial charge is 0.339 e. The van der Waals surface area contributed by atoms with Crippen molar-refractivity contribution in [1.82, 2.24) is 0 Å². The molecule has 0 saturated carbocycles. The SMILES string of the molecule is O=C1OCC(c2ccc(Cl)cc2)=C1c1ccccc1[N+](=O)[O-]. The topological polar surface area (TPSA) is 69.4 Å². The standard InChI is InChI=1S/C16H10ClNO4/c17-11-7-5-10(6-8-11)13-9-22-16(19)15(13)12-3-1-2-4-14(12)18(20)21/h1-8H,9H2. The molecule has 3 rings (SSSR count). The molecule has 0 unspecified atom stereocenters. The van der Waals surface area contributed by atoms with E-state index >= 15 is 0 Å². The molecular formula is C16H10ClNO4. The highest BCUT2D eigenvalue weighted by Crippen LogP contribution is 2.37. The van der Waals surface area contributed by atoms with Crippen LogP contribution in [0, 0.1) is 10.1 Å². The molecule has 1 aliphatic heterocycles. The summed E-state index contributed by atoms with van der Waals surface area (Å²) in [6.45, 7) is 0.0852. The number of hydrogen-bond acceptors (Lipinski definition) is 4. The number of hydrogen-bond donors (Lipinski definition) is 0. The van der Waals surface area contributed by atoms with Crippen LogP contribution in [0.4, 0.5) is 5.69 Å². The Labute approximate surface area is 130 Å². The minimum atomic E-state index is -0.556. The van der Waals surface area contributed by atoms with Gasteiger partial charge in [0.2, 0.25) is 0 Å². The molecule has 22 heavy (non-hydrogen) atoms. The van der Waals surface area contributed by atoms with Gasteiger partial charge in [-0.2, -0.15) is 0 Å². The van der Waals surface area contributed by atoms with E-state index in [2.05, 4.69) is 0 Å². The third kappa shape index (κ3) is 2.46. The number of cyclic esters (lactones) is 1. The average molecular weight is 316 g/mol. The number of esters is 1. The highest BCUT2D eigenvalue weighted by molar-refractivity contribution is 6.31. The molecule has 1 aliphatic rings. The quantitative estimate of drug-likeness (QED) is 0.492. The van der Waals surface area contributed by atoms with E-state index in [-0.39, 0.29) is 23.4 Å². The van der Waals surface area contributed by atoms with Crippen LogP contribution in [0.25, 0.3) is 11.1 Å². The second-order valence-electron chi connectivity index (χ2n) is 4.71. The molecule has 110 valence electrons. The van der Waals surface area contributed by atoms with Gasteiger partial charge in [0, 0.05) is 16.7 Å². The van der Waals surface area contributed by atoms with Crippen LogP contribution in [0.5, 0.6) is 0 Å². The van der Waals surface area contributed by atoms with Gasteiger partial charge in [0.15, 0.2) is 0 Å². The van der Waals surface area contributed by atoms with Crippen LogP contribution in [-0.4, -0.2) is 17.5 Å². The number of carbonyl (C=O) groups excluding carboxylic acids is 1. The number of para-hydroxylation sites is 1. The molecule has 0 aliphatic carbocycles. The van der Waals surface area contributed by atoms with Crippen molar-refractivity contribution >= 4 is 34.4 Å². The average Bonchev–Trinajstić information content (AvgIpc) is 2.89. The summed E-state index contributed by atoms with van der Waals surface area (Å²) in [5.41, 5.74) is 1.75. The predicted octanol–water partition coefficient (Wildman–Crippen LogP) is 3.72. The van der Waals surface area contributed by atoms with Crippen molar-refractivity contribution in [1.29, 1.82) is 0 Å². The van der Waals surface area contributed by atoms with Gasteiger partial charge in [-0.25, -0.2) is 4.79 Å². The molecule has 5 nitrogen and oxygen atoms in total. The molecule has 0 radical (unpaired) electrons.